The average Bonchev–Trinajstić information content (AvgIpc) is 2.83. The van der Waals surface area contributed by atoms with Crippen molar-refractivity contribution in [1.29, 1.82) is 0 Å². The summed E-state index contributed by atoms with van der Waals surface area (Å²) in [4.78, 5) is 34.6. The Balaban J connectivity index is 1.80. The molecule has 130 valence electrons. The number of Topliss-reactive ketones (excluding diaryl/α,β-unsaturated/α-hetero) is 1. The number of rotatable bonds is 6. The fraction of sp³-hybridized carbons (Fsp3) is 0.438. The monoisotopic (exact) mass is 353 g/mol. The molecule has 1 saturated heterocycles. The molecule has 1 fully saturated rings. The van der Waals surface area contributed by atoms with Gasteiger partial charge in [0.1, 0.15) is 0 Å². The maximum Gasteiger partial charge on any atom is 0.306 e. The fourth-order valence-corrected chi connectivity index (χ4v) is 4.36. The quantitative estimate of drug-likeness (QED) is 0.608. The van der Waals surface area contributed by atoms with E-state index in [9.17, 15) is 22.8 Å². The molecule has 1 aromatic rings. The summed E-state index contributed by atoms with van der Waals surface area (Å²) >= 11 is 0. The molecule has 8 heteroatoms. The van der Waals surface area contributed by atoms with E-state index >= 15 is 0 Å². The van der Waals surface area contributed by atoms with Gasteiger partial charge in [0, 0.05) is 24.6 Å². The molecular weight excluding hydrogens is 334 g/mol. The van der Waals surface area contributed by atoms with Crippen LogP contribution in [0.4, 0.5) is 5.69 Å². The SMILES string of the molecule is CC(=O)Nc1ccc(C(=O)COC(=O)C[C@@H]2CCS(=O)(=O)C2)cc1. The second kappa shape index (κ2) is 7.57. The van der Waals surface area contributed by atoms with Gasteiger partial charge in [-0.3, -0.25) is 14.4 Å². The van der Waals surface area contributed by atoms with Crippen molar-refractivity contribution in [2.75, 3.05) is 23.4 Å². The first-order chi connectivity index (χ1) is 11.2. The summed E-state index contributed by atoms with van der Waals surface area (Å²) in [6, 6.07) is 6.23. The van der Waals surface area contributed by atoms with E-state index in [0.29, 0.717) is 17.7 Å². The zero-order valence-electron chi connectivity index (χ0n) is 13.3. The van der Waals surface area contributed by atoms with Crippen LogP contribution < -0.4 is 5.32 Å². The van der Waals surface area contributed by atoms with Gasteiger partial charge in [0.05, 0.1) is 11.5 Å². The Hall–Kier alpha value is -2.22. The molecule has 1 amide bonds. The number of sulfone groups is 1. The first-order valence-corrected chi connectivity index (χ1v) is 9.34. The number of anilines is 1. The number of hydrogen-bond donors (Lipinski definition) is 1. The number of ketones is 1. The zero-order chi connectivity index (χ0) is 17.7. The predicted molar refractivity (Wildman–Crippen MR) is 87.4 cm³/mol. The molecule has 0 unspecified atom stereocenters. The average molecular weight is 353 g/mol. The minimum atomic E-state index is -3.03. The van der Waals surface area contributed by atoms with Gasteiger partial charge in [-0.05, 0) is 36.6 Å². The maximum atomic E-state index is 12.0. The number of amides is 1. The molecule has 0 spiro atoms. The number of benzene rings is 1. The topological polar surface area (TPSA) is 107 Å². The Morgan fingerprint density at radius 3 is 2.42 bits per heavy atom. The van der Waals surface area contributed by atoms with Crippen LogP contribution in [0.25, 0.3) is 0 Å². The van der Waals surface area contributed by atoms with Crippen molar-refractivity contribution in [3.8, 4) is 0 Å². The van der Waals surface area contributed by atoms with Gasteiger partial charge >= 0.3 is 5.97 Å². The van der Waals surface area contributed by atoms with Crippen molar-refractivity contribution >= 4 is 33.2 Å². The molecule has 2 rings (SSSR count). The second-order valence-corrected chi connectivity index (χ2v) is 8.04. The minimum Gasteiger partial charge on any atom is -0.457 e. The van der Waals surface area contributed by atoms with E-state index < -0.39 is 22.4 Å². The number of nitrogens with one attached hydrogen (secondary N) is 1. The molecule has 1 heterocycles. The molecule has 0 radical (unpaired) electrons. The third kappa shape index (κ3) is 5.45. The molecule has 7 nitrogen and oxygen atoms in total. The number of carbonyl (C=O) groups excluding carboxylic acids is 3. The smallest absolute Gasteiger partial charge is 0.306 e. The molecule has 1 atom stereocenters. The van der Waals surface area contributed by atoms with Crippen LogP contribution in [0.2, 0.25) is 0 Å². The lowest BCUT2D eigenvalue weighted by Crippen LogP contribution is -2.17. The molecule has 1 N–H and O–H groups in total. The first-order valence-electron chi connectivity index (χ1n) is 7.52. The van der Waals surface area contributed by atoms with E-state index in [1.54, 1.807) is 12.1 Å². The van der Waals surface area contributed by atoms with Crippen LogP contribution in [-0.2, 0) is 24.2 Å². The largest absolute Gasteiger partial charge is 0.457 e. The van der Waals surface area contributed by atoms with E-state index in [-0.39, 0.29) is 35.5 Å². The van der Waals surface area contributed by atoms with Crippen LogP contribution >= 0.6 is 0 Å². The Kier molecular flexibility index (Phi) is 5.71. The van der Waals surface area contributed by atoms with Gasteiger partial charge in [-0.15, -0.1) is 0 Å². The zero-order valence-corrected chi connectivity index (χ0v) is 14.1. The highest BCUT2D eigenvalue weighted by Crippen LogP contribution is 2.22. The molecule has 1 aromatic carbocycles. The highest BCUT2D eigenvalue weighted by Gasteiger charge is 2.30. The summed E-state index contributed by atoms with van der Waals surface area (Å²) in [7, 11) is -3.03. The third-order valence-electron chi connectivity index (χ3n) is 3.67. The van der Waals surface area contributed by atoms with Crippen molar-refractivity contribution in [3.63, 3.8) is 0 Å². The Morgan fingerprint density at radius 1 is 1.21 bits per heavy atom. The number of hydrogen-bond acceptors (Lipinski definition) is 6. The Bertz CT molecular complexity index is 738. The standard InChI is InChI=1S/C16H19NO6S/c1-11(18)17-14-4-2-13(3-5-14)15(19)9-23-16(20)8-12-6-7-24(21,22)10-12/h2-5,12H,6-10H2,1H3,(H,17,18)/t12-/m0/s1. The number of carbonyl (C=O) groups is 3. The summed E-state index contributed by atoms with van der Waals surface area (Å²) in [6.07, 6.45) is 0.462. The van der Waals surface area contributed by atoms with Crippen molar-refractivity contribution < 1.29 is 27.5 Å². The van der Waals surface area contributed by atoms with Gasteiger partial charge in [-0.25, -0.2) is 8.42 Å². The molecule has 1 aliphatic heterocycles. The van der Waals surface area contributed by atoms with Crippen LogP contribution in [0.1, 0.15) is 30.1 Å². The van der Waals surface area contributed by atoms with Crippen molar-refractivity contribution in [3.05, 3.63) is 29.8 Å². The van der Waals surface area contributed by atoms with Gasteiger partial charge < -0.3 is 10.1 Å². The Morgan fingerprint density at radius 2 is 1.88 bits per heavy atom. The molecule has 1 aliphatic rings. The van der Waals surface area contributed by atoms with E-state index in [1.807, 2.05) is 0 Å². The fourth-order valence-electron chi connectivity index (χ4n) is 2.50. The molecular formula is C16H19NO6S. The lowest BCUT2D eigenvalue weighted by atomic mass is 10.1. The highest BCUT2D eigenvalue weighted by molar-refractivity contribution is 7.91. The van der Waals surface area contributed by atoms with Crippen molar-refractivity contribution in [1.82, 2.24) is 0 Å². The number of ether oxygens (including phenoxy) is 1. The maximum absolute atomic E-state index is 12.0. The van der Waals surface area contributed by atoms with E-state index in [2.05, 4.69) is 5.32 Å². The van der Waals surface area contributed by atoms with E-state index in [1.165, 1.54) is 19.1 Å². The van der Waals surface area contributed by atoms with Crippen LogP contribution in [0.5, 0.6) is 0 Å². The molecule has 0 aromatic heterocycles. The normalized spacial score (nSPS) is 18.8. The summed E-state index contributed by atoms with van der Waals surface area (Å²) in [5.41, 5.74) is 0.929. The summed E-state index contributed by atoms with van der Waals surface area (Å²) in [6.45, 7) is 0.992. The van der Waals surface area contributed by atoms with E-state index in [0.717, 1.165) is 0 Å². The van der Waals surface area contributed by atoms with Crippen LogP contribution in [0, 0.1) is 5.92 Å². The first kappa shape index (κ1) is 18.1. The van der Waals surface area contributed by atoms with Crippen molar-refractivity contribution in [2.24, 2.45) is 5.92 Å². The van der Waals surface area contributed by atoms with Crippen LogP contribution in [-0.4, -0.2) is 44.2 Å². The van der Waals surface area contributed by atoms with Crippen molar-refractivity contribution in [2.45, 2.75) is 19.8 Å². The lowest BCUT2D eigenvalue weighted by Gasteiger charge is -2.08. The lowest BCUT2D eigenvalue weighted by molar-refractivity contribution is -0.143. The van der Waals surface area contributed by atoms with Gasteiger partial charge in [0.2, 0.25) is 5.91 Å². The minimum absolute atomic E-state index is 0.000652. The van der Waals surface area contributed by atoms with Crippen LogP contribution in [0.15, 0.2) is 24.3 Å². The summed E-state index contributed by atoms with van der Waals surface area (Å²) in [5.74, 6) is -1.27. The highest BCUT2D eigenvalue weighted by atomic mass is 32.2. The molecule has 0 aliphatic carbocycles. The molecule has 24 heavy (non-hydrogen) atoms. The van der Waals surface area contributed by atoms with Crippen LogP contribution in [0.3, 0.4) is 0 Å². The van der Waals surface area contributed by atoms with Gasteiger partial charge in [0.15, 0.2) is 22.2 Å². The third-order valence-corrected chi connectivity index (χ3v) is 5.51. The Labute approximate surface area is 140 Å². The molecule has 0 bridgehead atoms. The summed E-state index contributed by atoms with van der Waals surface area (Å²) in [5, 5.41) is 2.58. The van der Waals surface area contributed by atoms with E-state index in [4.69, 9.17) is 4.74 Å². The predicted octanol–water partition coefficient (Wildman–Crippen LogP) is 1.20. The van der Waals surface area contributed by atoms with Gasteiger partial charge in [-0.2, -0.15) is 0 Å². The molecule has 0 saturated carbocycles. The summed E-state index contributed by atoms with van der Waals surface area (Å²) < 4.78 is 27.6. The second-order valence-electron chi connectivity index (χ2n) is 5.82. The number of esters is 1. The van der Waals surface area contributed by atoms with Gasteiger partial charge in [0.25, 0.3) is 0 Å². The van der Waals surface area contributed by atoms with Gasteiger partial charge in [-0.1, -0.05) is 0 Å².